The summed E-state index contributed by atoms with van der Waals surface area (Å²) in [5.41, 5.74) is 1.68. The SMILES string of the molecule is Cc1cc(OCCCC(C)C)cnc1Oc1ccc2ncnc(Nc3cnn(C)n3)c2c1. The van der Waals surface area contributed by atoms with Crippen molar-refractivity contribution in [3.8, 4) is 17.4 Å². The van der Waals surface area contributed by atoms with Crippen LogP contribution in [0.25, 0.3) is 10.9 Å². The van der Waals surface area contributed by atoms with E-state index in [0.29, 0.717) is 35.8 Å². The number of fused-ring (bicyclic) bond motifs is 1. The first-order valence-corrected chi connectivity index (χ1v) is 10.6. The number of rotatable bonds is 9. The molecule has 0 unspecified atom stereocenters. The minimum absolute atomic E-state index is 0.527. The van der Waals surface area contributed by atoms with Crippen molar-refractivity contribution in [3.05, 3.63) is 48.5 Å². The van der Waals surface area contributed by atoms with Gasteiger partial charge in [-0.05, 0) is 49.9 Å². The smallest absolute Gasteiger partial charge is 0.222 e. The maximum absolute atomic E-state index is 6.06. The largest absolute Gasteiger partial charge is 0.492 e. The van der Waals surface area contributed by atoms with E-state index in [4.69, 9.17) is 9.47 Å². The van der Waals surface area contributed by atoms with Crippen molar-refractivity contribution >= 4 is 22.5 Å². The van der Waals surface area contributed by atoms with E-state index in [-0.39, 0.29) is 0 Å². The Hall–Kier alpha value is -3.75. The second-order valence-electron chi connectivity index (χ2n) is 8.03. The Kier molecular flexibility index (Phi) is 6.44. The van der Waals surface area contributed by atoms with Gasteiger partial charge in [-0.25, -0.2) is 15.0 Å². The summed E-state index contributed by atoms with van der Waals surface area (Å²) < 4.78 is 11.9. The van der Waals surface area contributed by atoms with Crippen molar-refractivity contribution in [1.29, 1.82) is 0 Å². The van der Waals surface area contributed by atoms with Gasteiger partial charge in [-0.3, -0.25) is 0 Å². The highest BCUT2D eigenvalue weighted by atomic mass is 16.5. The Morgan fingerprint density at radius 3 is 2.69 bits per heavy atom. The summed E-state index contributed by atoms with van der Waals surface area (Å²) in [7, 11) is 1.76. The molecule has 0 aliphatic carbocycles. The van der Waals surface area contributed by atoms with Crippen LogP contribution >= 0.6 is 0 Å². The van der Waals surface area contributed by atoms with Gasteiger partial charge in [0.05, 0.1) is 24.5 Å². The first-order chi connectivity index (χ1) is 15.5. The zero-order valence-corrected chi connectivity index (χ0v) is 18.7. The molecule has 3 aromatic heterocycles. The normalized spacial score (nSPS) is 11.2. The fourth-order valence-corrected chi connectivity index (χ4v) is 3.24. The van der Waals surface area contributed by atoms with Gasteiger partial charge in [0.25, 0.3) is 0 Å². The second kappa shape index (κ2) is 9.59. The summed E-state index contributed by atoms with van der Waals surface area (Å²) >= 11 is 0. The fraction of sp³-hybridized carbons (Fsp3) is 0.348. The number of nitrogens with zero attached hydrogens (tertiary/aromatic N) is 6. The van der Waals surface area contributed by atoms with Crippen molar-refractivity contribution < 1.29 is 9.47 Å². The third-order valence-corrected chi connectivity index (χ3v) is 4.87. The molecule has 166 valence electrons. The number of pyridine rings is 1. The first kappa shape index (κ1) is 21.5. The highest BCUT2D eigenvalue weighted by molar-refractivity contribution is 5.91. The van der Waals surface area contributed by atoms with Crippen LogP contribution in [0, 0.1) is 12.8 Å². The summed E-state index contributed by atoms with van der Waals surface area (Å²) in [5.74, 6) is 3.81. The molecule has 0 amide bonds. The molecule has 4 rings (SSSR count). The number of benzene rings is 1. The standard InChI is InChI=1S/C23H27N7O2/c1-15(2)6-5-9-31-18-10-16(3)23(24-12-18)32-17-7-8-20-19(11-17)22(26-14-25-20)28-21-13-27-30(4)29-21/h7-8,10-15H,5-6,9H2,1-4H3,(H,25,26,28,29). The molecule has 0 saturated heterocycles. The van der Waals surface area contributed by atoms with Crippen LogP contribution in [0.4, 0.5) is 11.6 Å². The maximum Gasteiger partial charge on any atom is 0.222 e. The summed E-state index contributed by atoms with van der Waals surface area (Å²) in [4.78, 5) is 14.6. The molecule has 0 atom stereocenters. The molecular formula is C23H27N7O2. The summed E-state index contributed by atoms with van der Waals surface area (Å²) in [6.45, 7) is 7.07. The zero-order valence-electron chi connectivity index (χ0n) is 18.7. The van der Waals surface area contributed by atoms with Gasteiger partial charge in [-0.2, -0.15) is 9.90 Å². The van der Waals surface area contributed by atoms with Crippen LogP contribution in [-0.4, -0.2) is 36.6 Å². The third kappa shape index (κ3) is 5.29. The molecule has 9 nitrogen and oxygen atoms in total. The molecule has 4 aromatic rings. The van der Waals surface area contributed by atoms with E-state index in [0.717, 1.165) is 35.1 Å². The van der Waals surface area contributed by atoms with E-state index in [1.165, 1.54) is 11.1 Å². The van der Waals surface area contributed by atoms with Crippen molar-refractivity contribution in [1.82, 2.24) is 29.9 Å². The second-order valence-corrected chi connectivity index (χ2v) is 8.03. The monoisotopic (exact) mass is 433 g/mol. The number of ether oxygens (including phenoxy) is 2. The van der Waals surface area contributed by atoms with Crippen LogP contribution in [0.3, 0.4) is 0 Å². The third-order valence-electron chi connectivity index (χ3n) is 4.87. The number of anilines is 2. The van der Waals surface area contributed by atoms with Gasteiger partial charge in [0.1, 0.15) is 23.6 Å². The van der Waals surface area contributed by atoms with Crippen LogP contribution in [0.15, 0.2) is 43.0 Å². The molecular weight excluding hydrogens is 406 g/mol. The van der Waals surface area contributed by atoms with Crippen LogP contribution < -0.4 is 14.8 Å². The topological polar surface area (TPSA) is 99.9 Å². The number of aryl methyl sites for hydroxylation is 2. The number of nitrogens with one attached hydrogen (secondary N) is 1. The molecule has 0 fully saturated rings. The average molecular weight is 434 g/mol. The highest BCUT2D eigenvalue weighted by Gasteiger charge is 2.10. The van der Waals surface area contributed by atoms with Crippen LogP contribution in [0.5, 0.6) is 17.4 Å². The lowest BCUT2D eigenvalue weighted by Crippen LogP contribution is -2.01. The van der Waals surface area contributed by atoms with E-state index in [1.54, 1.807) is 19.4 Å². The lowest BCUT2D eigenvalue weighted by atomic mass is 10.1. The van der Waals surface area contributed by atoms with Crippen LogP contribution in [-0.2, 0) is 7.05 Å². The first-order valence-electron chi connectivity index (χ1n) is 10.6. The van der Waals surface area contributed by atoms with Gasteiger partial charge in [0, 0.05) is 18.0 Å². The Bertz CT molecular complexity index is 1210. The van der Waals surface area contributed by atoms with E-state index >= 15 is 0 Å². The van der Waals surface area contributed by atoms with Crippen LogP contribution in [0.1, 0.15) is 32.3 Å². The van der Waals surface area contributed by atoms with Gasteiger partial charge in [0.2, 0.25) is 5.88 Å². The minimum atomic E-state index is 0.527. The molecule has 0 aliphatic rings. The van der Waals surface area contributed by atoms with Crippen LogP contribution in [0.2, 0.25) is 0 Å². The average Bonchev–Trinajstić information content (AvgIpc) is 3.18. The predicted molar refractivity (Wildman–Crippen MR) is 122 cm³/mol. The van der Waals surface area contributed by atoms with Crippen molar-refractivity contribution in [2.24, 2.45) is 13.0 Å². The molecule has 3 heterocycles. The molecule has 0 radical (unpaired) electrons. The van der Waals surface area contributed by atoms with Crippen molar-refractivity contribution in [2.75, 3.05) is 11.9 Å². The van der Waals surface area contributed by atoms with Gasteiger partial charge in [-0.15, -0.1) is 5.10 Å². The van der Waals surface area contributed by atoms with Gasteiger partial charge in [-0.1, -0.05) is 13.8 Å². The lowest BCUT2D eigenvalue weighted by Gasteiger charge is -2.12. The van der Waals surface area contributed by atoms with Crippen molar-refractivity contribution in [3.63, 3.8) is 0 Å². The maximum atomic E-state index is 6.06. The Labute approximate surface area is 186 Å². The van der Waals surface area contributed by atoms with Gasteiger partial charge >= 0.3 is 0 Å². The lowest BCUT2D eigenvalue weighted by molar-refractivity contribution is 0.295. The predicted octanol–water partition coefficient (Wildman–Crippen LogP) is 4.81. The van der Waals surface area contributed by atoms with Gasteiger partial charge in [0.15, 0.2) is 5.82 Å². The molecule has 1 N–H and O–H groups in total. The molecule has 0 aliphatic heterocycles. The van der Waals surface area contributed by atoms with E-state index < -0.39 is 0 Å². The molecule has 9 heteroatoms. The molecule has 0 spiro atoms. The number of hydrogen-bond donors (Lipinski definition) is 1. The van der Waals surface area contributed by atoms with E-state index in [1.807, 2.05) is 31.2 Å². The number of aromatic nitrogens is 6. The number of hydrogen-bond acceptors (Lipinski definition) is 8. The van der Waals surface area contributed by atoms with Gasteiger partial charge < -0.3 is 14.8 Å². The minimum Gasteiger partial charge on any atom is -0.492 e. The molecule has 0 saturated carbocycles. The summed E-state index contributed by atoms with van der Waals surface area (Å²) in [6, 6.07) is 7.57. The zero-order chi connectivity index (χ0) is 22.5. The quantitative estimate of drug-likeness (QED) is 0.375. The molecule has 1 aromatic carbocycles. The Morgan fingerprint density at radius 2 is 1.94 bits per heavy atom. The fourth-order valence-electron chi connectivity index (χ4n) is 3.24. The Balaban J connectivity index is 1.49. The highest BCUT2D eigenvalue weighted by Crippen LogP contribution is 2.30. The van der Waals surface area contributed by atoms with E-state index in [2.05, 4.69) is 44.3 Å². The summed E-state index contributed by atoms with van der Waals surface area (Å²) in [6.07, 6.45) is 7.01. The molecule has 0 bridgehead atoms. The Morgan fingerprint density at radius 1 is 1.06 bits per heavy atom. The summed E-state index contributed by atoms with van der Waals surface area (Å²) in [5, 5.41) is 12.3. The molecule has 32 heavy (non-hydrogen) atoms. The van der Waals surface area contributed by atoms with E-state index in [9.17, 15) is 0 Å². The van der Waals surface area contributed by atoms with Crippen molar-refractivity contribution in [2.45, 2.75) is 33.6 Å².